The summed E-state index contributed by atoms with van der Waals surface area (Å²) in [6, 6.07) is 0. The Morgan fingerprint density at radius 1 is 1.22 bits per heavy atom. The minimum absolute atomic E-state index is 0.226. The number of amides is 1. The number of nitrogens with zero attached hydrogens (tertiary/aromatic N) is 5. The van der Waals surface area contributed by atoms with E-state index < -0.39 is 0 Å². The van der Waals surface area contributed by atoms with Crippen LogP contribution in [0, 0.1) is 12.8 Å². The van der Waals surface area contributed by atoms with E-state index in [1.807, 2.05) is 11.8 Å². The highest BCUT2D eigenvalue weighted by atomic mass is 16.4. The van der Waals surface area contributed by atoms with Gasteiger partial charge in [0.2, 0.25) is 11.8 Å². The molecule has 2 aromatic rings. The lowest BCUT2D eigenvalue weighted by Gasteiger charge is -2.30. The highest BCUT2D eigenvalue weighted by Crippen LogP contribution is 2.34. The van der Waals surface area contributed by atoms with Crippen molar-refractivity contribution in [3.05, 3.63) is 24.1 Å². The van der Waals surface area contributed by atoms with Gasteiger partial charge in [0, 0.05) is 31.1 Å². The van der Waals surface area contributed by atoms with Crippen LogP contribution in [0.15, 0.2) is 16.9 Å². The molecule has 1 amide bonds. The Kier molecular flexibility index (Phi) is 3.55. The summed E-state index contributed by atoms with van der Waals surface area (Å²) >= 11 is 0. The molecule has 120 valence electrons. The Bertz CT molecular complexity index is 717. The molecule has 7 heteroatoms. The molecule has 1 saturated carbocycles. The van der Waals surface area contributed by atoms with Crippen molar-refractivity contribution in [3.8, 4) is 11.5 Å². The molecule has 3 heterocycles. The van der Waals surface area contributed by atoms with Crippen molar-refractivity contribution in [2.75, 3.05) is 13.1 Å². The van der Waals surface area contributed by atoms with Crippen LogP contribution in [-0.4, -0.2) is 44.1 Å². The van der Waals surface area contributed by atoms with Gasteiger partial charge in [-0.25, -0.2) is 9.97 Å². The molecule has 4 rings (SSSR count). The minimum atomic E-state index is 0.226. The van der Waals surface area contributed by atoms with Crippen molar-refractivity contribution in [3.63, 3.8) is 0 Å². The number of hydrogen-bond donors (Lipinski definition) is 0. The average Bonchev–Trinajstić information content (AvgIpc) is 3.32. The molecule has 0 spiro atoms. The van der Waals surface area contributed by atoms with Gasteiger partial charge in [-0.2, -0.15) is 0 Å². The molecule has 1 aliphatic heterocycles. The first kappa shape index (κ1) is 14.3. The summed E-state index contributed by atoms with van der Waals surface area (Å²) in [5.41, 5.74) is 1.59. The highest BCUT2D eigenvalue weighted by molar-refractivity contribution is 5.81. The molecule has 23 heavy (non-hydrogen) atoms. The molecule has 7 nitrogen and oxygen atoms in total. The molecular formula is C16H19N5O2. The molecule has 0 bridgehead atoms. The Morgan fingerprint density at radius 3 is 2.70 bits per heavy atom. The highest BCUT2D eigenvalue weighted by Gasteiger charge is 2.35. The summed E-state index contributed by atoms with van der Waals surface area (Å²) in [7, 11) is 0. The monoisotopic (exact) mass is 313 g/mol. The Balaban J connectivity index is 1.44. The SMILES string of the molecule is Cc1ncncc1-c1nnc(C2CCN(C(=O)C3CC3)CC2)o1. The van der Waals surface area contributed by atoms with E-state index >= 15 is 0 Å². The minimum Gasteiger partial charge on any atom is -0.420 e. The second-order valence-corrected chi connectivity index (χ2v) is 6.34. The first-order valence-electron chi connectivity index (χ1n) is 8.11. The van der Waals surface area contributed by atoms with Gasteiger partial charge in [-0.05, 0) is 32.6 Å². The predicted molar refractivity (Wildman–Crippen MR) is 81.3 cm³/mol. The molecule has 0 radical (unpaired) electrons. The third-order valence-corrected chi connectivity index (χ3v) is 4.66. The van der Waals surface area contributed by atoms with Gasteiger partial charge in [0.05, 0.1) is 11.3 Å². The maximum absolute atomic E-state index is 12.1. The van der Waals surface area contributed by atoms with Crippen molar-refractivity contribution in [2.24, 2.45) is 5.92 Å². The van der Waals surface area contributed by atoms with Gasteiger partial charge in [-0.1, -0.05) is 0 Å². The van der Waals surface area contributed by atoms with Crippen LogP contribution in [-0.2, 0) is 4.79 Å². The number of carbonyl (C=O) groups excluding carboxylic acids is 1. The Hall–Kier alpha value is -2.31. The van der Waals surface area contributed by atoms with Gasteiger partial charge >= 0.3 is 0 Å². The van der Waals surface area contributed by atoms with Crippen LogP contribution >= 0.6 is 0 Å². The van der Waals surface area contributed by atoms with Gasteiger partial charge in [0.1, 0.15) is 6.33 Å². The molecule has 0 unspecified atom stereocenters. The van der Waals surface area contributed by atoms with Crippen molar-refractivity contribution in [1.82, 2.24) is 25.1 Å². The molecule has 0 aromatic carbocycles. The third-order valence-electron chi connectivity index (χ3n) is 4.66. The zero-order chi connectivity index (χ0) is 15.8. The van der Waals surface area contributed by atoms with E-state index in [1.54, 1.807) is 6.20 Å². The van der Waals surface area contributed by atoms with Crippen LogP contribution in [0.1, 0.15) is 43.2 Å². The van der Waals surface area contributed by atoms with E-state index in [0.29, 0.717) is 23.6 Å². The van der Waals surface area contributed by atoms with E-state index in [-0.39, 0.29) is 5.92 Å². The maximum atomic E-state index is 12.1. The van der Waals surface area contributed by atoms with E-state index in [4.69, 9.17) is 4.42 Å². The van der Waals surface area contributed by atoms with Gasteiger partial charge in [-0.3, -0.25) is 4.79 Å². The number of rotatable bonds is 3. The molecule has 2 aromatic heterocycles. The zero-order valence-corrected chi connectivity index (χ0v) is 13.1. The lowest BCUT2D eigenvalue weighted by molar-refractivity contribution is -0.133. The second-order valence-electron chi connectivity index (χ2n) is 6.34. The summed E-state index contributed by atoms with van der Waals surface area (Å²) < 4.78 is 5.84. The van der Waals surface area contributed by atoms with Gasteiger partial charge < -0.3 is 9.32 Å². The van der Waals surface area contributed by atoms with Crippen LogP contribution in [0.5, 0.6) is 0 Å². The van der Waals surface area contributed by atoms with Crippen LogP contribution in [0.25, 0.3) is 11.5 Å². The van der Waals surface area contributed by atoms with Crippen LogP contribution in [0.4, 0.5) is 0 Å². The lowest BCUT2D eigenvalue weighted by Crippen LogP contribution is -2.38. The zero-order valence-electron chi connectivity index (χ0n) is 13.1. The van der Waals surface area contributed by atoms with Gasteiger partial charge in [0.15, 0.2) is 0 Å². The first-order valence-corrected chi connectivity index (χ1v) is 8.11. The smallest absolute Gasteiger partial charge is 0.251 e. The summed E-state index contributed by atoms with van der Waals surface area (Å²) in [6.07, 6.45) is 7.07. The number of aromatic nitrogens is 4. The summed E-state index contributed by atoms with van der Waals surface area (Å²) in [6.45, 7) is 3.46. The van der Waals surface area contributed by atoms with Crippen LogP contribution in [0.2, 0.25) is 0 Å². The fraction of sp³-hybridized carbons (Fsp3) is 0.562. The average molecular weight is 313 g/mol. The predicted octanol–water partition coefficient (Wildman–Crippen LogP) is 1.95. The number of carbonyl (C=O) groups is 1. The topological polar surface area (TPSA) is 85.0 Å². The molecular weight excluding hydrogens is 294 g/mol. The van der Waals surface area contributed by atoms with E-state index in [1.165, 1.54) is 6.33 Å². The summed E-state index contributed by atoms with van der Waals surface area (Å²) in [4.78, 5) is 22.2. The molecule has 0 atom stereocenters. The number of piperidine rings is 1. The lowest BCUT2D eigenvalue weighted by atomic mass is 9.96. The second kappa shape index (κ2) is 5.72. The van der Waals surface area contributed by atoms with Crippen LogP contribution in [0.3, 0.4) is 0 Å². The summed E-state index contributed by atoms with van der Waals surface area (Å²) in [5.74, 6) is 1.97. The molecule has 1 aliphatic carbocycles. The fourth-order valence-corrected chi connectivity index (χ4v) is 3.04. The Morgan fingerprint density at radius 2 is 2.00 bits per heavy atom. The molecule has 0 N–H and O–H groups in total. The third kappa shape index (κ3) is 2.83. The number of likely N-dealkylation sites (tertiary alicyclic amines) is 1. The first-order chi connectivity index (χ1) is 11.2. The number of hydrogen-bond acceptors (Lipinski definition) is 6. The standard InChI is InChI=1S/C16H19N5O2/c1-10-13(8-17-9-18-10)15-20-19-14(23-15)11-4-6-21(7-5-11)16(22)12-2-3-12/h8-9,11-12H,2-7H2,1H3. The molecule has 2 aliphatic rings. The van der Waals surface area contributed by atoms with Crippen molar-refractivity contribution in [1.29, 1.82) is 0 Å². The quantitative estimate of drug-likeness (QED) is 0.861. The fourth-order valence-electron chi connectivity index (χ4n) is 3.04. The van der Waals surface area contributed by atoms with Gasteiger partial charge in [0.25, 0.3) is 5.89 Å². The van der Waals surface area contributed by atoms with Crippen LogP contribution < -0.4 is 0 Å². The van der Waals surface area contributed by atoms with Crippen molar-refractivity contribution < 1.29 is 9.21 Å². The molecule has 1 saturated heterocycles. The van der Waals surface area contributed by atoms with E-state index in [0.717, 1.165) is 50.0 Å². The number of aryl methyl sites for hydroxylation is 1. The van der Waals surface area contributed by atoms with Crippen molar-refractivity contribution in [2.45, 2.75) is 38.5 Å². The molecule has 2 fully saturated rings. The van der Waals surface area contributed by atoms with E-state index in [9.17, 15) is 4.79 Å². The summed E-state index contributed by atoms with van der Waals surface area (Å²) in [5, 5.41) is 8.34. The normalized spacial score (nSPS) is 19.1. The van der Waals surface area contributed by atoms with Crippen molar-refractivity contribution >= 4 is 5.91 Å². The van der Waals surface area contributed by atoms with E-state index in [2.05, 4.69) is 20.2 Å². The Labute approximate surface area is 134 Å². The van der Waals surface area contributed by atoms with Gasteiger partial charge in [-0.15, -0.1) is 10.2 Å². The maximum Gasteiger partial charge on any atom is 0.251 e. The largest absolute Gasteiger partial charge is 0.420 e.